The summed E-state index contributed by atoms with van der Waals surface area (Å²) in [4.78, 5) is 15.4. The molecule has 6 heteroatoms. The van der Waals surface area contributed by atoms with E-state index in [0.717, 1.165) is 10.7 Å². The molecule has 4 nitrogen and oxygen atoms in total. The first-order valence-electron chi connectivity index (χ1n) is 8.11. The van der Waals surface area contributed by atoms with Crippen molar-refractivity contribution in [2.75, 3.05) is 0 Å². The van der Waals surface area contributed by atoms with Crippen LogP contribution in [-0.4, -0.2) is 21.3 Å². The largest absolute Gasteiger partial charge is 0.484 e. The number of nitrogens with zero attached hydrogens (tertiary/aromatic N) is 1. The van der Waals surface area contributed by atoms with Crippen molar-refractivity contribution in [3.8, 4) is 5.75 Å². The van der Waals surface area contributed by atoms with Crippen molar-refractivity contribution in [2.24, 2.45) is 5.92 Å². The van der Waals surface area contributed by atoms with Crippen LogP contribution in [0.3, 0.4) is 0 Å². The number of benzene rings is 1. The van der Waals surface area contributed by atoms with Gasteiger partial charge in [-0.25, -0.2) is 9.37 Å². The second kappa shape index (κ2) is 8.85. The number of hydrogen-bond acceptors (Lipinski definition) is 4. The Bertz CT molecular complexity index is 736. The molecule has 1 heterocycles. The van der Waals surface area contributed by atoms with Crippen LogP contribution in [0.15, 0.2) is 41.4 Å². The number of thioether (sulfide) groups is 1. The van der Waals surface area contributed by atoms with Crippen molar-refractivity contribution < 1.29 is 19.0 Å². The van der Waals surface area contributed by atoms with E-state index in [-0.39, 0.29) is 18.8 Å². The van der Waals surface area contributed by atoms with Crippen LogP contribution < -0.4 is 4.74 Å². The Morgan fingerprint density at radius 3 is 2.68 bits per heavy atom. The predicted molar refractivity (Wildman–Crippen MR) is 96.5 cm³/mol. The van der Waals surface area contributed by atoms with E-state index in [1.165, 1.54) is 12.1 Å². The quantitative estimate of drug-likeness (QED) is 0.697. The van der Waals surface area contributed by atoms with Gasteiger partial charge < -0.3 is 9.84 Å². The molecular formula is C19H22FNO3S. The topological polar surface area (TPSA) is 59.4 Å². The van der Waals surface area contributed by atoms with Crippen LogP contribution in [0.5, 0.6) is 5.75 Å². The average molecular weight is 363 g/mol. The molecule has 0 radical (unpaired) electrons. The van der Waals surface area contributed by atoms with Gasteiger partial charge in [0.05, 0.1) is 16.6 Å². The van der Waals surface area contributed by atoms with Gasteiger partial charge in [0.25, 0.3) is 0 Å². The van der Waals surface area contributed by atoms with E-state index in [1.54, 1.807) is 24.8 Å². The zero-order valence-electron chi connectivity index (χ0n) is 14.5. The summed E-state index contributed by atoms with van der Waals surface area (Å²) in [6.45, 7) is 5.96. The number of carboxylic acid groups (broad SMARTS) is 1. The molecule has 1 aromatic heterocycles. The summed E-state index contributed by atoms with van der Waals surface area (Å²) in [6, 6.07) is 10.2. The Morgan fingerprint density at radius 1 is 1.28 bits per heavy atom. The van der Waals surface area contributed by atoms with Crippen LogP contribution in [0, 0.1) is 11.7 Å². The molecule has 0 aliphatic heterocycles. The lowest BCUT2D eigenvalue weighted by Gasteiger charge is -2.11. The number of aliphatic carboxylic acids is 1. The Labute approximate surface area is 151 Å². The van der Waals surface area contributed by atoms with Gasteiger partial charge in [0.15, 0.2) is 11.6 Å². The van der Waals surface area contributed by atoms with Gasteiger partial charge in [-0.05, 0) is 36.2 Å². The fraction of sp³-hybridized carbons (Fsp3) is 0.368. The number of pyridine rings is 1. The second-order valence-electron chi connectivity index (χ2n) is 6.13. The average Bonchev–Trinajstić information content (AvgIpc) is 2.53. The van der Waals surface area contributed by atoms with Gasteiger partial charge in [0.1, 0.15) is 6.61 Å². The van der Waals surface area contributed by atoms with Crippen molar-refractivity contribution in [3.05, 3.63) is 53.5 Å². The smallest absolute Gasteiger partial charge is 0.306 e. The van der Waals surface area contributed by atoms with Gasteiger partial charge in [-0.2, -0.15) is 0 Å². The van der Waals surface area contributed by atoms with Gasteiger partial charge in [-0.3, -0.25) is 4.79 Å². The lowest BCUT2D eigenvalue weighted by molar-refractivity contribution is -0.141. The number of carboxylic acids is 1. The highest BCUT2D eigenvalue weighted by atomic mass is 32.2. The Hall–Kier alpha value is -2.08. The van der Waals surface area contributed by atoms with E-state index < -0.39 is 17.7 Å². The van der Waals surface area contributed by atoms with Gasteiger partial charge in [-0.1, -0.05) is 32.9 Å². The monoisotopic (exact) mass is 363 g/mol. The fourth-order valence-corrected chi connectivity index (χ4v) is 3.04. The number of hydrogen-bond donors (Lipinski definition) is 1. The zero-order chi connectivity index (χ0) is 18.4. The number of aromatic nitrogens is 1. The normalized spacial score (nSPS) is 12.2. The summed E-state index contributed by atoms with van der Waals surface area (Å²) in [6.07, 6.45) is 0.280. The highest BCUT2D eigenvalue weighted by Gasteiger charge is 2.13. The molecule has 2 aromatic rings. The zero-order valence-corrected chi connectivity index (χ0v) is 15.3. The maximum absolute atomic E-state index is 14.2. The summed E-state index contributed by atoms with van der Waals surface area (Å²) >= 11 is 1.66. The highest BCUT2D eigenvalue weighted by molar-refractivity contribution is 7.99. The second-order valence-corrected chi connectivity index (χ2v) is 7.73. The van der Waals surface area contributed by atoms with Crippen molar-refractivity contribution in [1.29, 1.82) is 0 Å². The van der Waals surface area contributed by atoms with E-state index in [9.17, 15) is 9.18 Å². The van der Waals surface area contributed by atoms with Crippen LogP contribution in [0.1, 0.15) is 32.0 Å². The van der Waals surface area contributed by atoms with Gasteiger partial charge in [-0.15, -0.1) is 11.8 Å². The van der Waals surface area contributed by atoms with Crippen molar-refractivity contribution in [3.63, 3.8) is 0 Å². The molecule has 1 atom stereocenters. The molecule has 25 heavy (non-hydrogen) atoms. The minimum Gasteiger partial charge on any atom is -0.484 e. The van der Waals surface area contributed by atoms with Crippen LogP contribution in [0.25, 0.3) is 0 Å². The van der Waals surface area contributed by atoms with E-state index in [4.69, 9.17) is 9.84 Å². The molecule has 0 spiro atoms. The first-order chi connectivity index (χ1) is 11.8. The first-order valence-corrected chi connectivity index (χ1v) is 8.99. The van der Waals surface area contributed by atoms with Crippen LogP contribution in [0.4, 0.5) is 4.39 Å². The van der Waals surface area contributed by atoms with E-state index in [0.29, 0.717) is 10.8 Å². The third kappa shape index (κ3) is 6.05. The molecule has 1 N–H and O–H groups in total. The van der Waals surface area contributed by atoms with Gasteiger partial charge in [0.2, 0.25) is 0 Å². The molecule has 1 aromatic carbocycles. The molecule has 2 rings (SSSR count). The number of carbonyl (C=O) groups is 1. The molecular weight excluding hydrogens is 341 g/mol. The summed E-state index contributed by atoms with van der Waals surface area (Å²) in [5, 5.41) is 10.3. The number of ether oxygens (including phenoxy) is 1. The molecule has 0 saturated carbocycles. The molecule has 0 aliphatic rings. The first kappa shape index (κ1) is 19.2. The molecule has 0 bridgehead atoms. The third-order valence-electron chi connectivity index (χ3n) is 3.47. The Kier molecular flexibility index (Phi) is 6.82. The lowest BCUT2D eigenvalue weighted by Crippen LogP contribution is -2.12. The van der Waals surface area contributed by atoms with Gasteiger partial charge in [0, 0.05) is 5.25 Å². The van der Waals surface area contributed by atoms with E-state index in [2.05, 4.69) is 18.8 Å². The van der Waals surface area contributed by atoms with Crippen LogP contribution in [-0.2, 0) is 17.8 Å². The molecule has 0 aliphatic carbocycles. The number of halogens is 1. The highest BCUT2D eigenvalue weighted by Crippen LogP contribution is 2.23. The maximum Gasteiger partial charge on any atom is 0.306 e. The summed E-state index contributed by atoms with van der Waals surface area (Å²) in [5.41, 5.74) is 1.36. The van der Waals surface area contributed by atoms with Crippen LogP contribution >= 0.6 is 11.8 Å². The van der Waals surface area contributed by atoms with E-state index in [1.807, 2.05) is 18.2 Å². The molecule has 1 unspecified atom stereocenters. The van der Waals surface area contributed by atoms with Gasteiger partial charge >= 0.3 is 5.97 Å². The fourth-order valence-electron chi connectivity index (χ4n) is 2.23. The summed E-state index contributed by atoms with van der Waals surface area (Å²) in [5.74, 6) is -1.82. The molecule has 0 amide bonds. The third-order valence-corrected chi connectivity index (χ3v) is 4.41. The molecule has 0 saturated heterocycles. The summed E-state index contributed by atoms with van der Waals surface area (Å²) in [7, 11) is 0. The molecule has 134 valence electrons. The SMILES string of the molecule is CC(C)Sc1cccc(COc2ccc(CC(C)C(=O)O)cc2F)n1. The maximum atomic E-state index is 14.2. The van der Waals surface area contributed by atoms with Crippen molar-refractivity contribution in [2.45, 2.75) is 44.1 Å². The lowest BCUT2D eigenvalue weighted by atomic mass is 10.0. The van der Waals surface area contributed by atoms with E-state index >= 15 is 0 Å². The minimum atomic E-state index is -0.897. The molecule has 0 fully saturated rings. The standard InChI is InChI=1S/C19H22FNO3S/c1-12(2)25-18-6-4-5-15(21-18)11-24-17-8-7-14(10-16(17)20)9-13(3)19(22)23/h4-8,10,12-13H,9,11H2,1-3H3,(H,22,23). The number of rotatable bonds is 8. The van der Waals surface area contributed by atoms with Crippen LogP contribution in [0.2, 0.25) is 0 Å². The van der Waals surface area contributed by atoms with Crippen molar-refractivity contribution >= 4 is 17.7 Å². The minimum absolute atomic E-state index is 0.135. The van der Waals surface area contributed by atoms with Crippen molar-refractivity contribution in [1.82, 2.24) is 4.98 Å². The Morgan fingerprint density at radius 2 is 2.04 bits per heavy atom. The summed E-state index contributed by atoms with van der Waals surface area (Å²) < 4.78 is 19.7. The Balaban J connectivity index is 2.00. The predicted octanol–water partition coefficient (Wildman–Crippen LogP) is 4.56.